The van der Waals surface area contributed by atoms with Crippen LogP contribution in [0.1, 0.15) is 11.4 Å². The van der Waals surface area contributed by atoms with Crippen LogP contribution < -0.4 is 5.32 Å². The lowest BCUT2D eigenvalue weighted by atomic mass is 10.3. The molecule has 2 aromatic heterocycles. The molecule has 0 saturated heterocycles. The highest BCUT2D eigenvalue weighted by molar-refractivity contribution is 5.41. The van der Waals surface area contributed by atoms with Crippen molar-refractivity contribution in [1.29, 1.82) is 0 Å². The molecule has 0 aliphatic rings. The van der Waals surface area contributed by atoms with Crippen molar-refractivity contribution in [3.05, 3.63) is 48.0 Å². The number of hydrogen-bond donors (Lipinski definition) is 2. The van der Waals surface area contributed by atoms with Gasteiger partial charge < -0.3 is 10.4 Å². The van der Waals surface area contributed by atoms with E-state index in [4.69, 9.17) is 0 Å². The third-order valence-corrected chi connectivity index (χ3v) is 2.21. The third kappa shape index (κ3) is 2.48. The van der Waals surface area contributed by atoms with Crippen LogP contribution in [0.25, 0.3) is 0 Å². The molecule has 2 rings (SSSR count). The first kappa shape index (κ1) is 10.4. The zero-order chi connectivity index (χ0) is 11.4. The van der Waals surface area contributed by atoms with Crippen molar-refractivity contribution < 1.29 is 5.11 Å². The first-order valence-corrected chi connectivity index (χ1v) is 5.05. The van der Waals surface area contributed by atoms with Gasteiger partial charge in [0.05, 0.1) is 12.2 Å². The molecule has 0 radical (unpaired) electrons. The summed E-state index contributed by atoms with van der Waals surface area (Å²) in [6.45, 7) is 2.38. The maximum atomic E-state index is 9.59. The Morgan fingerprint density at radius 1 is 1.31 bits per heavy atom. The first-order valence-electron chi connectivity index (χ1n) is 5.05. The number of aromatic nitrogens is 2. The summed E-state index contributed by atoms with van der Waals surface area (Å²) in [5.41, 5.74) is 2.44. The SMILES string of the molecule is Cc1ccc(O)c(CNc2cccnc2)n1. The molecule has 0 bridgehead atoms. The predicted molar refractivity (Wildman–Crippen MR) is 62.2 cm³/mol. The quantitative estimate of drug-likeness (QED) is 0.823. The maximum Gasteiger partial charge on any atom is 0.138 e. The van der Waals surface area contributed by atoms with Crippen molar-refractivity contribution >= 4 is 5.69 Å². The molecule has 82 valence electrons. The summed E-state index contributed by atoms with van der Waals surface area (Å²) in [6.07, 6.45) is 3.44. The molecule has 0 unspecified atom stereocenters. The molecule has 4 heteroatoms. The Balaban J connectivity index is 2.08. The lowest BCUT2D eigenvalue weighted by Gasteiger charge is -2.07. The van der Waals surface area contributed by atoms with Crippen LogP contribution in [-0.4, -0.2) is 15.1 Å². The smallest absolute Gasteiger partial charge is 0.138 e. The lowest BCUT2D eigenvalue weighted by Crippen LogP contribution is -2.02. The van der Waals surface area contributed by atoms with E-state index in [0.29, 0.717) is 12.2 Å². The Kier molecular flexibility index (Phi) is 3.00. The Morgan fingerprint density at radius 3 is 2.94 bits per heavy atom. The summed E-state index contributed by atoms with van der Waals surface area (Å²) < 4.78 is 0. The molecular formula is C12H13N3O. The van der Waals surface area contributed by atoms with Crippen LogP contribution in [0.5, 0.6) is 5.75 Å². The number of nitrogens with zero attached hydrogens (tertiary/aromatic N) is 2. The molecule has 2 aromatic rings. The predicted octanol–water partition coefficient (Wildman–Crippen LogP) is 2.10. The van der Waals surface area contributed by atoms with Gasteiger partial charge in [0, 0.05) is 18.1 Å². The van der Waals surface area contributed by atoms with Crippen molar-refractivity contribution in [1.82, 2.24) is 9.97 Å². The molecule has 2 N–H and O–H groups in total. The Bertz CT molecular complexity index is 471. The summed E-state index contributed by atoms with van der Waals surface area (Å²) >= 11 is 0. The number of pyridine rings is 2. The average molecular weight is 215 g/mol. The molecular weight excluding hydrogens is 202 g/mol. The summed E-state index contributed by atoms with van der Waals surface area (Å²) in [7, 11) is 0. The highest BCUT2D eigenvalue weighted by Gasteiger charge is 2.02. The van der Waals surface area contributed by atoms with E-state index in [1.54, 1.807) is 24.5 Å². The summed E-state index contributed by atoms with van der Waals surface area (Å²) in [5.74, 6) is 0.210. The van der Waals surface area contributed by atoms with Gasteiger partial charge in [0.15, 0.2) is 0 Å². The zero-order valence-electron chi connectivity index (χ0n) is 9.01. The van der Waals surface area contributed by atoms with Crippen LogP contribution in [0.3, 0.4) is 0 Å². The fraction of sp³-hybridized carbons (Fsp3) is 0.167. The van der Waals surface area contributed by atoms with Gasteiger partial charge >= 0.3 is 0 Å². The van der Waals surface area contributed by atoms with Gasteiger partial charge in [-0.1, -0.05) is 0 Å². The van der Waals surface area contributed by atoms with E-state index in [9.17, 15) is 5.11 Å². The molecule has 0 aromatic carbocycles. The van der Waals surface area contributed by atoms with Gasteiger partial charge in [-0.05, 0) is 31.2 Å². The van der Waals surface area contributed by atoms with Crippen LogP contribution in [-0.2, 0) is 6.54 Å². The second kappa shape index (κ2) is 4.61. The van der Waals surface area contributed by atoms with Gasteiger partial charge in [0.1, 0.15) is 11.4 Å². The third-order valence-electron chi connectivity index (χ3n) is 2.21. The molecule has 0 amide bonds. The number of nitrogens with one attached hydrogen (secondary N) is 1. The summed E-state index contributed by atoms with van der Waals surface area (Å²) in [5, 5.41) is 12.7. The Hall–Kier alpha value is -2.10. The largest absolute Gasteiger partial charge is 0.506 e. The van der Waals surface area contributed by atoms with Crippen LogP contribution in [0.2, 0.25) is 0 Å². The van der Waals surface area contributed by atoms with E-state index in [2.05, 4.69) is 15.3 Å². The topological polar surface area (TPSA) is 58.0 Å². The standard InChI is InChI=1S/C12H13N3O/c1-9-4-5-12(16)11(15-9)8-14-10-3-2-6-13-7-10/h2-7,14,16H,8H2,1H3. The fourth-order valence-electron chi connectivity index (χ4n) is 1.39. The molecule has 16 heavy (non-hydrogen) atoms. The average Bonchev–Trinajstić information content (AvgIpc) is 2.32. The number of rotatable bonds is 3. The maximum absolute atomic E-state index is 9.59. The van der Waals surface area contributed by atoms with E-state index in [-0.39, 0.29) is 5.75 Å². The van der Waals surface area contributed by atoms with Gasteiger partial charge in [-0.25, -0.2) is 0 Å². The molecule has 0 aliphatic heterocycles. The van der Waals surface area contributed by atoms with E-state index in [1.165, 1.54) is 0 Å². The van der Waals surface area contributed by atoms with Gasteiger partial charge in [-0.2, -0.15) is 0 Å². The lowest BCUT2D eigenvalue weighted by molar-refractivity contribution is 0.464. The van der Waals surface area contributed by atoms with E-state index in [0.717, 1.165) is 11.4 Å². The van der Waals surface area contributed by atoms with Crippen LogP contribution in [0, 0.1) is 6.92 Å². The molecule has 0 aliphatic carbocycles. The number of hydrogen-bond acceptors (Lipinski definition) is 4. The molecule has 0 atom stereocenters. The van der Waals surface area contributed by atoms with Crippen molar-refractivity contribution in [3.63, 3.8) is 0 Å². The van der Waals surface area contributed by atoms with Gasteiger partial charge in [0.2, 0.25) is 0 Å². The highest BCUT2D eigenvalue weighted by atomic mass is 16.3. The normalized spacial score (nSPS) is 10.1. The molecule has 0 saturated carbocycles. The van der Waals surface area contributed by atoms with Crippen molar-refractivity contribution in [2.45, 2.75) is 13.5 Å². The monoisotopic (exact) mass is 215 g/mol. The van der Waals surface area contributed by atoms with E-state index < -0.39 is 0 Å². The second-order valence-corrected chi connectivity index (χ2v) is 3.51. The minimum Gasteiger partial charge on any atom is -0.506 e. The molecule has 0 spiro atoms. The van der Waals surface area contributed by atoms with Gasteiger partial charge in [-0.15, -0.1) is 0 Å². The minimum absolute atomic E-state index is 0.210. The molecule has 2 heterocycles. The summed E-state index contributed by atoms with van der Waals surface area (Å²) in [6, 6.07) is 7.21. The van der Waals surface area contributed by atoms with Gasteiger partial charge in [0.25, 0.3) is 0 Å². The van der Waals surface area contributed by atoms with Crippen LogP contribution in [0.4, 0.5) is 5.69 Å². The van der Waals surface area contributed by atoms with E-state index >= 15 is 0 Å². The zero-order valence-corrected chi connectivity index (χ0v) is 9.01. The highest BCUT2D eigenvalue weighted by Crippen LogP contribution is 2.16. The van der Waals surface area contributed by atoms with Crippen molar-refractivity contribution in [2.75, 3.05) is 5.32 Å². The number of aromatic hydroxyl groups is 1. The summed E-state index contributed by atoms with van der Waals surface area (Å²) in [4.78, 5) is 8.25. The Labute approximate surface area is 94.0 Å². The van der Waals surface area contributed by atoms with Crippen LogP contribution >= 0.6 is 0 Å². The fourth-order valence-corrected chi connectivity index (χ4v) is 1.39. The second-order valence-electron chi connectivity index (χ2n) is 3.51. The number of anilines is 1. The van der Waals surface area contributed by atoms with Crippen molar-refractivity contribution in [3.8, 4) is 5.75 Å². The first-order chi connectivity index (χ1) is 7.75. The van der Waals surface area contributed by atoms with E-state index in [1.807, 2.05) is 19.1 Å². The molecule has 0 fully saturated rings. The van der Waals surface area contributed by atoms with Gasteiger partial charge in [-0.3, -0.25) is 9.97 Å². The number of aryl methyl sites for hydroxylation is 1. The minimum atomic E-state index is 0.210. The molecule has 4 nitrogen and oxygen atoms in total. The Morgan fingerprint density at radius 2 is 2.19 bits per heavy atom. The van der Waals surface area contributed by atoms with Crippen LogP contribution in [0.15, 0.2) is 36.7 Å². The van der Waals surface area contributed by atoms with Crippen molar-refractivity contribution in [2.24, 2.45) is 0 Å².